The Morgan fingerprint density at radius 2 is 1.16 bits per heavy atom. The van der Waals surface area contributed by atoms with Crippen molar-refractivity contribution in [3.8, 4) is 34.1 Å². The number of benzene rings is 4. The molecule has 0 fully saturated rings. The van der Waals surface area contributed by atoms with Gasteiger partial charge in [0.25, 0.3) is 0 Å². The van der Waals surface area contributed by atoms with Gasteiger partial charge in [-0.3, -0.25) is 4.57 Å². The highest BCUT2D eigenvalue weighted by atomic mass is 16.5. The lowest BCUT2D eigenvalue weighted by atomic mass is 9.74. The molecular weight excluding hydrogens is 673 g/mol. The molecule has 5 heteroatoms. The van der Waals surface area contributed by atoms with E-state index in [0.717, 1.165) is 50.8 Å². The normalized spacial score (nSPS) is 12.9. The molecule has 7 rings (SSSR count). The van der Waals surface area contributed by atoms with Crippen LogP contribution in [-0.2, 0) is 21.7 Å². The van der Waals surface area contributed by atoms with Gasteiger partial charge < -0.3 is 4.74 Å². The molecule has 0 atom stereocenters. The molecule has 0 aliphatic rings. The number of ether oxygens (including phenoxy) is 1. The number of fused-ring (bicyclic) bond motifs is 3. The van der Waals surface area contributed by atoms with E-state index < -0.39 is 0 Å². The van der Waals surface area contributed by atoms with Crippen LogP contribution in [0.15, 0.2) is 97.2 Å². The van der Waals surface area contributed by atoms with Gasteiger partial charge in [-0.1, -0.05) is 119 Å². The number of pyridine rings is 1. The third-order valence-corrected chi connectivity index (χ3v) is 10.9. The fourth-order valence-electron chi connectivity index (χ4n) is 7.93. The molecule has 5 nitrogen and oxygen atoms in total. The second kappa shape index (κ2) is 13.3. The van der Waals surface area contributed by atoms with Gasteiger partial charge in [-0.25, -0.2) is 9.67 Å². The Bertz CT molecular complexity index is 2540. The Morgan fingerprint density at radius 3 is 1.80 bits per heavy atom. The SMILES string of the molecule is Cc1nn(-c2cc(Oc3ccc4c5ccccc5n(-c5cc(C(C)(C)C)ccn5)c4c3)cc(C(C)(C)C)c2)c(C)c1-c1c(C(C)(C)C)cccc1C(C)(C)C. The lowest BCUT2D eigenvalue weighted by Crippen LogP contribution is -2.19. The summed E-state index contributed by atoms with van der Waals surface area (Å²) in [5, 5.41) is 7.61. The molecule has 3 heterocycles. The molecule has 0 aliphatic heterocycles. The number of hydrogen-bond donors (Lipinski definition) is 0. The van der Waals surface area contributed by atoms with E-state index >= 15 is 0 Å². The minimum Gasteiger partial charge on any atom is -0.457 e. The summed E-state index contributed by atoms with van der Waals surface area (Å²) in [6, 6.07) is 32.7. The average molecular weight is 731 g/mol. The van der Waals surface area contributed by atoms with Crippen molar-refractivity contribution >= 4 is 21.8 Å². The predicted molar refractivity (Wildman–Crippen MR) is 232 cm³/mol. The van der Waals surface area contributed by atoms with Gasteiger partial charge in [0.15, 0.2) is 0 Å². The van der Waals surface area contributed by atoms with Crippen LogP contribution in [0.2, 0.25) is 0 Å². The van der Waals surface area contributed by atoms with Gasteiger partial charge in [0, 0.05) is 40.4 Å². The number of nitrogens with zero attached hydrogens (tertiary/aromatic N) is 4. The van der Waals surface area contributed by atoms with Gasteiger partial charge >= 0.3 is 0 Å². The monoisotopic (exact) mass is 730 g/mol. The van der Waals surface area contributed by atoms with Crippen LogP contribution >= 0.6 is 0 Å². The number of aryl methyl sites for hydroxylation is 1. The van der Waals surface area contributed by atoms with Crippen LogP contribution in [0.3, 0.4) is 0 Å². The quantitative estimate of drug-likeness (QED) is 0.177. The first kappa shape index (κ1) is 38.1. The first-order valence-electron chi connectivity index (χ1n) is 19.7. The number of para-hydroxylation sites is 1. The minimum atomic E-state index is -0.120. The summed E-state index contributed by atoms with van der Waals surface area (Å²) in [6.07, 6.45) is 1.92. The summed E-state index contributed by atoms with van der Waals surface area (Å²) in [6.45, 7) is 31.7. The fourth-order valence-corrected chi connectivity index (χ4v) is 7.93. The molecule has 3 aromatic heterocycles. The molecule has 0 aliphatic carbocycles. The molecule has 4 aromatic carbocycles. The molecule has 0 radical (unpaired) electrons. The van der Waals surface area contributed by atoms with Crippen molar-refractivity contribution in [2.45, 2.75) is 119 Å². The third kappa shape index (κ3) is 7.10. The van der Waals surface area contributed by atoms with Gasteiger partial charge in [0.2, 0.25) is 0 Å². The number of aromatic nitrogens is 4. The molecule has 0 saturated heterocycles. The van der Waals surface area contributed by atoms with Crippen molar-refractivity contribution in [2.75, 3.05) is 0 Å². The van der Waals surface area contributed by atoms with E-state index in [1.165, 1.54) is 38.8 Å². The molecule has 0 amide bonds. The van der Waals surface area contributed by atoms with E-state index in [-0.39, 0.29) is 21.7 Å². The summed E-state index contributed by atoms with van der Waals surface area (Å²) in [5.74, 6) is 2.44. The zero-order chi connectivity index (χ0) is 39.8. The maximum atomic E-state index is 6.86. The largest absolute Gasteiger partial charge is 0.457 e. The Hall–Kier alpha value is -5.16. The highest BCUT2D eigenvalue weighted by Crippen LogP contribution is 2.44. The van der Waals surface area contributed by atoms with Gasteiger partial charge in [-0.05, 0) is 106 Å². The maximum absolute atomic E-state index is 6.86. The second-order valence-corrected chi connectivity index (χ2v) is 19.4. The molecule has 7 aromatic rings. The van der Waals surface area contributed by atoms with E-state index in [4.69, 9.17) is 14.8 Å². The molecular formula is C50H58N4O. The molecule has 0 N–H and O–H groups in total. The zero-order valence-electron chi connectivity index (χ0n) is 35.4. The van der Waals surface area contributed by atoms with Gasteiger partial charge in [0.1, 0.15) is 17.3 Å². The second-order valence-electron chi connectivity index (χ2n) is 19.4. The van der Waals surface area contributed by atoms with Crippen LogP contribution in [0.25, 0.3) is 44.4 Å². The molecule has 0 saturated carbocycles. The topological polar surface area (TPSA) is 44.9 Å². The fraction of sp³-hybridized carbons (Fsp3) is 0.360. The van der Waals surface area contributed by atoms with E-state index in [0.29, 0.717) is 0 Å². The lowest BCUT2D eigenvalue weighted by Gasteiger charge is -2.30. The molecule has 0 bridgehead atoms. The van der Waals surface area contributed by atoms with Crippen LogP contribution < -0.4 is 4.74 Å². The molecule has 0 unspecified atom stereocenters. The summed E-state index contributed by atoms with van der Waals surface area (Å²) < 4.78 is 11.2. The van der Waals surface area contributed by atoms with Crippen LogP contribution in [0.1, 0.15) is 117 Å². The molecule has 55 heavy (non-hydrogen) atoms. The van der Waals surface area contributed by atoms with Crippen molar-refractivity contribution in [3.05, 3.63) is 131 Å². The van der Waals surface area contributed by atoms with Crippen LogP contribution in [0.5, 0.6) is 11.5 Å². The van der Waals surface area contributed by atoms with Gasteiger partial charge in [-0.2, -0.15) is 5.10 Å². The Labute approximate surface area is 328 Å². The van der Waals surface area contributed by atoms with Crippen molar-refractivity contribution in [1.82, 2.24) is 19.3 Å². The first-order chi connectivity index (χ1) is 25.6. The average Bonchev–Trinajstić information content (AvgIpc) is 3.58. The van der Waals surface area contributed by atoms with E-state index in [1.54, 1.807) is 0 Å². The maximum Gasteiger partial charge on any atom is 0.137 e. The van der Waals surface area contributed by atoms with Crippen molar-refractivity contribution in [3.63, 3.8) is 0 Å². The van der Waals surface area contributed by atoms with Crippen LogP contribution in [0, 0.1) is 13.8 Å². The highest BCUT2D eigenvalue weighted by molar-refractivity contribution is 6.09. The van der Waals surface area contributed by atoms with Crippen molar-refractivity contribution < 1.29 is 4.74 Å². The summed E-state index contributed by atoms with van der Waals surface area (Å²) in [7, 11) is 0. The molecule has 284 valence electrons. The van der Waals surface area contributed by atoms with E-state index in [1.807, 2.05) is 6.20 Å². The van der Waals surface area contributed by atoms with E-state index in [9.17, 15) is 0 Å². The van der Waals surface area contributed by atoms with Crippen LogP contribution in [-0.4, -0.2) is 19.3 Å². The summed E-state index contributed by atoms with van der Waals surface area (Å²) in [4.78, 5) is 4.88. The predicted octanol–water partition coefficient (Wildman–Crippen LogP) is 13.6. The number of hydrogen-bond acceptors (Lipinski definition) is 3. The first-order valence-corrected chi connectivity index (χ1v) is 19.7. The Kier molecular flexibility index (Phi) is 9.19. The minimum absolute atomic E-state index is 0.00239. The van der Waals surface area contributed by atoms with Gasteiger partial charge in [-0.15, -0.1) is 0 Å². The smallest absolute Gasteiger partial charge is 0.137 e. The highest BCUT2D eigenvalue weighted by Gasteiger charge is 2.30. The molecule has 0 spiro atoms. The van der Waals surface area contributed by atoms with Crippen molar-refractivity contribution in [1.29, 1.82) is 0 Å². The Morgan fingerprint density at radius 1 is 0.527 bits per heavy atom. The Balaban J connectivity index is 1.38. The number of rotatable bonds is 5. The van der Waals surface area contributed by atoms with Crippen LogP contribution in [0.4, 0.5) is 0 Å². The van der Waals surface area contributed by atoms with Gasteiger partial charge in [0.05, 0.1) is 22.4 Å². The standard InChI is InChI=1S/C50H58N4O/c1-31-45(46-40(49(9,10)11)19-17-20-41(46)50(12,13)14)32(2)54(52-31)35-26-34(48(6,7)8)27-37(29-35)55-36-22-23-39-38-18-15-16-21-42(38)53(43(39)30-36)44-28-33(24-25-51-44)47(3,4)5/h15-30H,1-14H3. The summed E-state index contributed by atoms with van der Waals surface area (Å²) >= 11 is 0. The lowest BCUT2D eigenvalue weighted by molar-refractivity contribution is 0.478. The van der Waals surface area contributed by atoms with E-state index in [2.05, 4.69) is 197 Å². The van der Waals surface area contributed by atoms with Crippen molar-refractivity contribution in [2.24, 2.45) is 0 Å². The third-order valence-electron chi connectivity index (χ3n) is 10.9. The zero-order valence-corrected chi connectivity index (χ0v) is 35.4. The summed E-state index contributed by atoms with van der Waals surface area (Å²) in [5.41, 5.74) is 12.7.